The van der Waals surface area contributed by atoms with Crippen LogP contribution in [0.1, 0.15) is 55.1 Å². The van der Waals surface area contributed by atoms with Crippen LogP contribution in [0.4, 0.5) is 0 Å². The summed E-state index contributed by atoms with van der Waals surface area (Å²) in [6.07, 6.45) is 7.97. The molecule has 0 spiro atoms. The molecule has 0 aliphatic heterocycles. The van der Waals surface area contributed by atoms with E-state index in [1.54, 1.807) is 0 Å². The fourth-order valence-electron chi connectivity index (χ4n) is 5.43. The molecule has 0 aromatic carbocycles. The van der Waals surface area contributed by atoms with Crippen molar-refractivity contribution in [3.05, 3.63) is 16.1 Å². The van der Waals surface area contributed by atoms with E-state index in [1.807, 2.05) is 0 Å². The monoisotopic (exact) mass is 334 g/mol. The maximum atomic E-state index is 11.8. The van der Waals surface area contributed by atoms with Gasteiger partial charge in [-0.05, 0) is 56.3 Å². The van der Waals surface area contributed by atoms with Gasteiger partial charge in [-0.1, -0.05) is 0 Å². The molecule has 5 rings (SSSR count). The molecule has 1 aromatic rings. The summed E-state index contributed by atoms with van der Waals surface area (Å²) in [5, 5.41) is 12.0. The molecule has 4 aliphatic rings. The van der Waals surface area contributed by atoms with Gasteiger partial charge in [0.1, 0.15) is 5.01 Å². The van der Waals surface area contributed by atoms with Crippen molar-refractivity contribution < 1.29 is 4.79 Å². The van der Waals surface area contributed by atoms with Gasteiger partial charge < -0.3 is 0 Å². The minimum Gasteiger partial charge on any atom is -0.296 e. The average molecular weight is 335 g/mol. The van der Waals surface area contributed by atoms with Gasteiger partial charge in [0, 0.05) is 10.8 Å². The summed E-state index contributed by atoms with van der Waals surface area (Å²) in [6.45, 7) is 0. The third-order valence-corrected chi connectivity index (χ3v) is 7.11. The molecule has 5 heteroatoms. The second-order valence-electron chi connectivity index (χ2n) is 7.43. The molecule has 0 N–H and O–H groups in total. The van der Waals surface area contributed by atoms with E-state index in [0.29, 0.717) is 5.01 Å². The lowest BCUT2D eigenvalue weighted by Gasteiger charge is -2.56. The van der Waals surface area contributed by atoms with E-state index in [4.69, 9.17) is 16.6 Å². The fourth-order valence-corrected chi connectivity index (χ4v) is 6.59. The predicted octanol–water partition coefficient (Wildman–Crippen LogP) is 4.03. The van der Waals surface area contributed by atoms with E-state index in [9.17, 15) is 10.1 Å². The van der Waals surface area contributed by atoms with Gasteiger partial charge in [-0.15, -0.1) is 22.9 Å². The zero-order valence-electron chi connectivity index (χ0n) is 12.4. The lowest BCUT2D eigenvalue weighted by Crippen LogP contribution is -2.48. The van der Waals surface area contributed by atoms with Crippen molar-refractivity contribution in [2.24, 2.45) is 17.8 Å². The molecule has 1 unspecified atom stereocenters. The number of thiazole rings is 1. The van der Waals surface area contributed by atoms with Crippen LogP contribution in [-0.4, -0.2) is 16.6 Å². The number of carbonyl (C=O) groups is 1. The lowest BCUT2D eigenvalue weighted by atomic mass is 9.49. The largest absolute Gasteiger partial charge is 0.296 e. The van der Waals surface area contributed by atoms with Crippen LogP contribution in [0.3, 0.4) is 0 Å². The number of aromatic nitrogens is 1. The average Bonchev–Trinajstić information content (AvgIpc) is 2.97. The van der Waals surface area contributed by atoms with Gasteiger partial charge in [-0.25, -0.2) is 4.98 Å². The second-order valence-corrected chi connectivity index (χ2v) is 8.59. The Labute approximate surface area is 139 Å². The summed E-state index contributed by atoms with van der Waals surface area (Å²) in [5.74, 6) is 1.46. The Morgan fingerprint density at radius 2 is 1.95 bits per heavy atom. The van der Waals surface area contributed by atoms with E-state index in [0.717, 1.165) is 23.4 Å². The highest BCUT2D eigenvalue weighted by Gasteiger charge is 2.52. The SMILES string of the molecule is N#CC(C(=O)CCl)c1nc(C23CC4CC(CC(C4)C2)C3)cs1. The molecule has 1 heterocycles. The van der Waals surface area contributed by atoms with E-state index in [2.05, 4.69) is 11.4 Å². The summed E-state index contributed by atoms with van der Waals surface area (Å²) in [7, 11) is 0. The Bertz CT molecular complexity index is 612. The number of alkyl halides is 1. The normalized spacial score (nSPS) is 37.0. The molecular formula is C17H19ClN2OS. The van der Waals surface area contributed by atoms with Crippen LogP contribution in [0.2, 0.25) is 0 Å². The summed E-state index contributed by atoms with van der Waals surface area (Å²) in [6, 6.07) is 2.07. The Hall–Kier alpha value is -0.920. The number of hydrogen-bond donors (Lipinski definition) is 0. The highest BCUT2D eigenvalue weighted by Crippen LogP contribution is 2.60. The van der Waals surface area contributed by atoms with Crippen LogP contribution in [-0.2, 0) is 10.2 Å². The Morgan fingerprint density at radius 1 is 1.36 bits per heavy atom. The van der Waals surface area contributed by atoms with E-state index >= 15 is 0 Å². The van der Waals surface area contributed by atoms with Crippen molar-refractivity contribution in [2.45, 2.75) is 49.9 Å². The van der Waals surface area contributed by atoms with Crippen molar-refractivity contribution in [1.82, 2.24) is 4.98 Å². The van der Waals surface area contributed by atoms with Crippen LogP contribution in [0.5, 0.6) is 0 Å². The molecule has 0 amide bonds. The summed E-state index contributed by atoms with van der Waals surface area (Å²) < 4.78 is 0. The number of nitriles is 1. The zero-order valence-corrected chi connectivity index (χ0v) is 14.0. The highest BCUT2D eigenvalue weighted by molar-refractivity contribution is 7.10. The van der Waals surface area contributed by atoms with Gasteiger partial charge in [-0.3, -0.25) is 4.79 Å². The summed E-state index contributed by atoms with van der Waals surface area (Å²) in [4.78, 5) is 16.6. The van der Waals surface area contributed by atoms with Crippen LogP contribution < -0.4 is 0 Å². The molecule has 4 saturated carbocycles. The third kappa shape index (κ3) is 2.21. The first-order valence-corrected chi connectivity index (χ1v) is 9.49. The Kier molecular flexibility index (Phi) is 3.54. The molecule has 0 radical (unpaired) electrons. The van der Waals surface area contributed by atoms with Crippen molar-refractivity contribution in [3.8, 4) is 6.07 Å². The minimum absolute atomic E-state index is 0.121. The molecule has 4 fully saturated rings. The molecule has 116 valence electrons. The third-order valence-electron chi connectivity index (χ3n) is 5.93. The lowest BCUT2D eigenvalue weighted by molar-refractivity contribution is -0.117. The van der Waals surface area contributed by atoms with Crippen LogP contribution in [0.15, 0.2) is 5.38 Å². The quantitative estimate of drug-likeness (QED) is 0.781. The second kappa shape index (κ2) is 5.32. The van der Waals surface area contributed by atoms with Crippen molar-refractivity contribution >= 4 is 28.7 Å². The first-order valence-electron chi connectivity index (χ1n) is 8.08. The number of carbonyl (C=O) groups excluding carboxylic acids is 1. The first-order chi connectivity index (χ1) is 10.6. The maximum absolute atomic E-state index is 11.8. The van der Waals surface area contributed by atoms with Crippen LogP contribution in [0, 0.1) is 29.1 Å². The zero-order chi connectivity index (χ0) is 15.3. The Morgan fingerprint density at radius 3 is 2.45 bits per heavy atom. The van der Waals surface area contributed by atoms with Crippen molar-refractivity contribution in [1.29, 1.82) is 5.26 Å². The molecule has 22 heavy (non-hydrogen) atoms. The number of hydrogen-bond acceptors (Lipinski definition) is 4. The molecule has 3 nitrogen and oxygen atoms in total. The standard InChI is InChI=1S/C17H19ClN2OS/c18-7-14(21)13(8-19)16-20-15(9-22-16)17-4-10-1-11(5-17)3-12(2-10)6-17/h9-13H,1-7H2. The number of halogens is 1. The number of rotatable bonds is 4. The van der Waals surface area contributed by atoms with Gasteiger partial charge in [0.05, 0.1) is 17.6 Å². The first kappa shape index (κ1) is 14.7. The Balaban J connectivity index is 1.64. The van der Waals surface area contributed by atoms with Crippen molar-refractivity contribution in [2.75, 3.05) is 5.88 Å². The number of nitrogens with zero attached hydrogens (tertiary/aromatic N) is 2. The predicted molar refractivity (Wildman–Crippen MR) is 86.0 cm³/mol. The number of Topliss-reactive ketones (excluding diaryl/α,β-unsaturated/α-hetero) is 1. The summed E-state index contributed by atoms with van der Waals surface area (Å²) >= 11 is 7.08. The van der Waals surface area contributed by atoms with E-state index in [1.165, 1.54) is 49.9 Å². The molecular weight excluding hydrogens is 316 g/mol. The van der Waals surface area contributed by atoms with Gasteiger partial charge in [0.2, 0.25) is 0 Å². The van der Waals surface area contributed by atoms with Gasteiger partial charge in [-0.2, -0.15) is 5.26 Å². The van der Waals surface area contributed by atoms with Gasteiger partial charge in [0.25, 0.3) is 0 Å². The summed E-state index contributed by atoms with van der Waals surface area (Å²) in [5.41, 5.74) is 1.38. The van der Waals surface area contributed by atoms with E-state index in [-0.39, 0.29) is 17.1 Å². The molecule has 1 aromatic heterocycles. The van der Waals surface area contributed by atoms with Crippen molar-refractivity contribution in [3.63, 3.8) is 0 Å². The van der Waals surface area contributed by atoms with Gasteiger partial charge >= 0.3 is 0 Å². The highest BCUT2D eigenvalue weighted by atomic mass is 35.5. The number of ketones is 1. The van der Waals surface area contributed by atoms with Crippen LogP contribution in [0.25, 0.3) is 0 Å². The molecule has 4 aliphatic carbocycles. The van der Waals surface area contributed by atoms with E-state index < -0.39 is 5.92 Å². The topological polar surface area (TPSA) is 53.8 Å². The molecule has 4 bridgehead atoms. The molecule has 0 saturated heterocycles. The molecule has 1 atom stereocenters. The fraction of sp³-hybridized carbons (Fsp3) is 0.706. The van der Waals surface area contributed by atoms with Crippen LogP contribution >= 0.6 is 22.9 Å². The minimum atomic E-state index is -0.787. The van der Waals surface area contributed by atoms with Gasteiger partial charge in [0.15, 0.2) is 11.7 Å². The maximum Gasteiger partial charge on any atom is 0.171 e. The smallest absolute Gasteiger partial charge is 0.171 e.